The van der Waals surface area contributed by atoms with E-state index in [1.807, 2.05) is 34.1 Å². The molecule has 0 radical (unpaired) electrons. The number of amides is 3. The van der Waals surface area contributed by atoms with E-state index in [2.05, 4.69) is 12.2 Å². The molecule has 0 spiro atoms. The van der Waals surface area contributed by atoms with E-state index in [4.69, 9.17) is 0 Å². The molecule has 1 saturated heterocycles. The molecule has 1 atom stereocenters. The Labute approximate surface area is 167 Å². The van der Waals surface area contributed by atoms with E-state index in [9.17, 15) is 14.4 Å². The highest BCUT2D eigenvalue weighted by atomic mass is 16.2. The fraction of sp³-hybridized carbons (Fsp3) is 0.591. The first-order valence-electron chi connectivity index (χ1n) is 10.4. The molecular weight excluding hydrogens is 354 g/mol. The van der Waals surface area contributed by atoms with Gasteiger partial charge in [-0.05, 0) is 42.9 Å². The van der Waals surface area contributed by atoms with Gasteiger partial charge in [-0.15, -0.1) is 0 Å². The topological polar surface area (TPSA) is 69.7 Å². The second-order valence-corrected chi connectivity index (χ2v) is 7.89. The fourth-order valence-electron chi connectivity index (χ4n) is 4.28. The Morgan fingerprint density at radius 3 is 2.11 bits per heavy atom. The number of rotatable bonds is 5. The van der Waals surface area contributed by atoms with Crippen LogP contribution in [-0.2, 0) is 16.0 Å². The van der Waals surface area contributed by atoms with E-state index in [1.165, 1.54) is 12.5 Å². The predicted molar refractivity (Wildman–Crippen MR) is 108 cm³/mol. The van der Waals surface area contributed by atoms with E-state index in [0.29, 0.717) is 31.7 Å². The summed E-state index contributed by atoms with van der Waals surface area (Å²) in [5.41, 5.74) is 1.90. The maximum absolute atomic E-state index is 13.0. The molecule has 28 heavy (non-hydrogen) atoms. The van der Waals surface area contributed by atoms with Gasteiger partial charge >= 0.3 is 0 Å². The van der Waals surface area contributed by atoms with Gasteiger partial charge in [0, 0.05) is 38.7 Å². The third-order valence-electron chi connectivity index (χ3n) is 5.98. The average molecular weight is 386 g/mol. The molecule has 6 heteroatoms. The van der Waals surface area contributed by atoms with Crippen LogP contribution in [0.1, 0.15) is 55.5 Å². The summed E-state index contributed by atoms with van der Waals surface area (Å²) in [6.45, 7) is 5.64. The molecule has 1 aromatic rings. The van der Waals surface area contributed by atoms with Crippen LogP contribution in [0.4, 0.5) is 0 Å². The summed E-state index contributed by atoms with van der Waals surface area (Å²) >= 11 is 0. The molecule has 1 N–H and O–H groups in total. The van der Waals surface area contributed by atoms with Crippen LogP contribution in [0.5, 0.6) is 0 Å². The first kappa shape index (κ1) is 20.4. The number of carbonyl (C=O) groups excluding carboxylic acids is 3. The summed E-state index contributed by atoms with van der Waals surface area (Å²) < 4.78 is 0. The lowest BCUT2D eigenvalue weighted by Crippen LogP contribution is -2.57. The molecule has 6 nitrogen and oxygen atoms in total. The maximum Gasteiger partial charge on any atom is 0.253 e. The molecule has 0 aromatic heterocycles. The number of aryl methyl sites for hydroxylation is 1. The van der Waals surface area contributed by atoms with Gasteiger partial charge in [0.05, 0.1) is 0 Å². The van der Waals surface area contributed by atoms with E-state index in [-0.39, 0.29) is 23.6 Å². The summed E-state index contributed by atoms with van der Waals surface area (Å²) in [6.07, 6.45) is 5.16. The third-order valence-corrected chi connectivity index (χ3v) is 5.98. The number of carbonyl (C=O) groups is 3. The van der Waals surface area contributed by atoms with E-state index >= 15 is 0 Å². The van der Waals surface area contributed by atoms with Crippen LogP contribution in [0, 0.1) is 5.92 Å². The van der Waals surface area contributed by atoms with Gasteiger partial charge in [0.25, 0.3) is 5.91 Å². The smallest absolute Gasteiger partial charge is 0.253 e. The highest BCUT2D eigenvalue weighted by Crippen LogP contribution is 2.29. The largest absolute Gasteiger partial charge is 0.344 e. The van der Waals surface area contributed by atoms with Crippen LogP contribution in [-0.4, -0.2) is 59.7 Å². The van der Waals surface area contributed by atoms with Gasteiger partial charge in [0.1, 0.15) is 6.04 Å². The Bertz CT molecular complexity index is 702. The zero-order chi connectivity index (χ0) is 20.1. The summed E-state index contributed by atoms with van der Waals surface area (Å²) in [6, 6.07) is 7.32. The lowest BCUT2D eigenvalue weighted by Gasteiger charge is -2.37. The van der Waals surface area contributed by atoms with Crippen molar-refractivity contribution in [3.8, 4) is 0 Å². The van der Waals surface area contributed by atoms with Gasteiger partial charge in [-0.3, -0.25) is 14.4 Å². The molecule has 1 aliphatic heterocycles. The van der Waals surface area contributed by atoms with Gasteiger partial charge in [-0.25, -0.2) is 0 Å². The first-order chi connectivity index (χ1) is 13.5. The van der Waals surface area contributed by atoms with Gasteiger partial charge in [0.15, 0.2) is 0 Å². The Kier molecular flexibility index (Phi) is 6.70. The van der Waals surface area contributed by atoms with Crippen LogP contribution in [0.2, 0.25) is 0 Å². The Morgan fingerprint density at radius 2 is 1.57 bits per heavy atom. The average Bonchev–Trinajstić information content (AvgIpc) is 3.25. The number of hydrogen-bond acceptors (Lipinski definition) is 3. The Hall–Kier alpha value is -2.37. The highest BCUT2D eigenvalue weighted by molar-refractivity contribution is 5.94. The number of piperazine rings is 1. The van der Waals surface area contributed by atoms with Crippen molar-refractivity contribution < 1.29 is 14.4 Å². The van der Waals surface area contributed by atoms with E-state index in [1.54, 1.807) is 0 Å². The van der Waals surface area contributed by atoms with Crippen molar-refractivity contribution in [2.24, 2.45) is 5.92 Å². The highest BCUT2D eigenvalue weighted by Gasteiger charge is 2.35. The van der Waals surface area contributed by atoms with E-state index in [0.717, 1.165) is 32.1 Å². The second-order valence-electron chi connectivity index (χ2n) is 7.89. The molecule has 2 aliphatic rings. The monoisotopic (exact) mass is 385 g/mol. The fourth-order valence-corrected chi connectivity index (χ4v) is 4.28. The van der Waals surface area contributed by atoms with Gasteiger partial charge in [-0.1, -0.05) is 31.9 Å². The normalized spacial score (nSPS) is 18.8. The molecule has 1 aliphatic carbocycles. The summed E-state index contributed by atoms with van der Waals surface area (Å²) in [4.78, 5) is 41.0. The predicted octanol–water partition coefficient (Wildman–Crippen LogP) is 2.23. The molecule has 1 saturated carbocycles. The second kappa shape index (κ2) is 9.22. The molecule has 0 bridgehead atoms. The van der Waals surface area contributed by atoms with Crippen LogP contribution < -0.4 is 5.32 Å². The molecular formula is C22H31N3O3. The summed E-state index contributed by atoms with van der Waals surface area (Å²) in [5, 5.41) is 2.88. The third kappa shape index (κ3) is 4.72. The standard InChI is InChI=1S/C22H31N3O3/c1-3-17-8-10-19(11-9-17)21(27)24-12-14-25(15-13-24)22(28)20(23-16(2)26)18-6-4-5-7-18/h8-11,18,20H,3-7,12-15H2,1-2H3,(H,23,26). The van der Waals surface area contributed by atoms with Crippen molar-refractivity contribution >= 4 is 17.7 Å². The zero-order valence-corrected chi connectivity index (χ0v) is 16.9. The molecule has 2 fully saturated rings. The zero-order valence-electron chi connectivity index (χ0n) is 16.9. The molecule has 1 heterocycles. The lowest BCUT2D eigenvalue weighted by atomic mass is 9.96. The molecule has 152 valence electrons. The van der Waals surface area contributed by atoms with Gasteiger partial charge in [-0.2, -0.15) is 0 Å². The molecule has 1 unspecified atom stereocenters. The molecule has 1 aromatic carbocycles. The van der Waals surface area contributed by atoms with Crippen molar-refractivity contribution in [2.75, 3.05) is 26.2 Å². The minimum atomic E-state index is -0.427. The number of hydrogen-bond donors (Lipinski definition) is 1. The Morgan fingerprint density at radius 1 is 1.00 bits per heavy atom. The minimum Gasteiger partial charge on any atom is -0.344 e. The number of nitrogens with zero attached hydrogens (tertiary/aromatic N) is 2. The summed E-state index contributed by atoms with van der Waals surface area (Å²) in [7, 11) is 0. The summed E-state index contributed by atoms with van der Waals surface area (Å²) in [5.74, 6) is 0.0909. The van der Waals surface area contributed by atoms with Crippen molar-refractivity contribution in [1.82, 2.24) is 15.1 Å². The van der Waals surface area contributed by atoms with Crippen LogP contribution in [0.3, 0.4) is 0 Å². The van der Waals surface area contributed by atoms with E-state index < -0.39 is 6.04 Å². The van der Waals surface area contributed by atoms with Crippen molar-refractivity contribution in [2.45, 2.75) is 52.0 Å². The van der Waals surface area contributed by atoms with Crippen molar-refractivity contribution in [1.29, 1.82) is 0 Å². The van der Waals surface area contributed by atoms with Gasteiger partial charge in [0.2, 0.25) is 11.8 Å². The van der Waals surface area contributed by atoms with Crippen LogP contribution in [0.15, 0.2) is 24.3 Å². The van der Waals surface area contributed by atoms with Crippen LogP contribution in [0.25, 0.3) is 0 Å². The SMILES string of the molecule is CCc1ccc(C(=O)N2CCN(C(=O)C(NC(C)=O)C3CCCC3)CC2)cc1. The van der Waals surface area contributed by atoms with Crippen molar-refractivity contribution in [3.05, 3.63) is 35.4 Å². The Balaban J connectivity index is 1.59. The molecule has 3 amide bonds. The quantitative estimate of drug-likeness (QED) is 0.845. The van der Waals surface area contributed by atoms with Crippen LogP contribution >= 0.6 is 0 Å². The van der Waals surface area contributed by atoms with Crippen molar-refractivity contribution in [3.63, 3.8) is 0 Å². The first-order valence-corrected chi connectivity index (χ1v) is 10.4. The number of benzene rings is 1. The minimum absolute atomic E-state index is 0.00139. The molecule has 3 rings (SSSR count). The number of nitrogens with one attached hydrogen (secondary N) is 1. The maximum atomic E-state index is 13.0. The van der Waals surface area contributed by atoms with Gasteiger partial charge < -0.3 is 15.1 Å². The lowest BCUT2D eigenvalue weighted by molar-refractivity contribution is -0.138.